The lowest BCUT2D eigenvalue weighted by molar-refractivity contribution is -0.326. The fourth-order valence-corrected chi connectivity index (χ4v) is 6.24. The normalized spacial score (nSPS) is 11.4. The SMILES string of the molecule is C=C[Si](OOC(=O)CCCCCCCCCCC)(OOC(=O)CCCCCCCCCCC)OOC(=O)CCCCCCCCCCC. The molecule has 0 saturated heterocycles. The topological polar surface area (TPSA) is 107 Å². The minimum atomic E-state index is -4.25. The van der Waals surface area contributed by atoms with Gasteiger partial charge >= 0.3 is 26.7 Å². The second-order valence-corrected chi connectivity index (χ2v) is 15.3. The van der Waals surface area contributed by atoms with Crippen LogP contribution in [0.15, 0.2) is 12.3 Å². The summed E-state index contributed by atoms with van der Waals surface area (Å²) in [5, 5.41) is 0. The predicted molar refractivity (Wildman–Crippen MR) is 193 cm³/mol. The Hall–Kier alpha value is -1.75. The van der Waals surface area contributed by atoms with Crippen molar-refractivity contribution in [2.75, 3.05) is 0 Å². The quantitative estimate of drug-likeness (QED) is 0.0271. The summed E-state index contributed by atoms with van der Waals surface area (Å²) in [5.41, 5.74) is 1.09. The highest BCUT2D eigenvalue weighted by Crippen LogP contribution is 2.18. The number of unbranched alkanes of at least 4 members (excludes halogenated alkanes) is 24. The average Bonchev–Trinajstić information content (AvgIpc) is 3.09. The molecule has 48 heavy (non-hydrogen) atoms. The van der Waals surface area contributed by atoms with Crippen LogP contribution in [0.2, 0.25) is 0 Å². The van der Waals surface area contributed by atoms with Gasteiger partial charge in [-0.1, -0.05) is 181 Å². The summed E-state index contributed by atoms with van der Waals surface area (Å²) >= 11 is 0. The molecular weight excluding hydrogens is 628 g/mol. The van der Waals surface area contributed by atoms with Crippen LogP contribution >= 0.6 is 0 Å². The smallest absolute Gasteiger partial charge is 0.304 e. The van der Waals surface area contributed by atoms with E-state index in [9.17, 15) is 14.4 Å². The number of hydrogen-bond donors (Lipinski definition) is 0. The van der Waals surface area contributed by atoms with Crippen LogP contribution in [-0.4, -0.2) is 26.7 Å². The van der Waals surface area contributed by atoms with Gasteiger partial charge in [0.25, 0.3) is 0 Å². The van der Waals surface area contributed by atoms with E-state index in [1.807, 2.05) is 0 Å². The van der Waals surface area contributed by atoms with Crippen molar-refractivity contribution >= 4 is 26.7 Å². The molecule has 0 atom stereocenters. The van der Waals surface area contributed by atoms with Gasteiger partial charge in [-0.25, -0.2) is 14.4 Å². The Morgan fingerprint density at radius 2 is 0.604 bits per heavy atom. The van der Waals surface area contributed by atoms with E-state index in [1.54, 1.807) is 0 Å². The molecule has 0 aromatic carbocycles. The van der Waals surface area contributed by atoms with E-state index in [-0.39, 0.29) is 19.3 Å². The molecule has 0 unspecified atom stereocenters. The van der Waals surface area contributed by atoms with Gasteiger partial charge in [-0.15, -0.1) is 0 Å². The van der Waals surface area contributed by atoms with Crippen molar-refractivity contribution in [1.82, 2.24) is 0 Å². The van der Waals surface area contributed by atoms with Crippen LogP contribution in [0, 0.1) is 0 Å². The van der Waals surface area contributed by atoms with Crippen LogP contribution in [0.3, 0.4) is 0 Å². The van der Waals surface area contributed by atoms with Crippen molar-refractivity contribution in [1.29, 1.82) is 0 Å². The summed E-state index contributed by atoms with van der Waals surface area (Å²) in [4.78, 5) is 52.1. The van der Waals surface area contributed by atoms with Crippen LogP contribution in [0.25, 0.3) is 0 Å². The Morgan fingerprint density at radius 1 is 0.396 bits per heavy atom. The molecule has 0 radical (unpaired) electrons. The molecule has 0 spiro atoms. The highest BCUT2D eigenvalue weighted by molar-refractivity contribution is 6.65. The maximum absolute atomic E-state index is 12.4. The third-order valence-corrected chi connectivity index (χ3v) is 9.90. The summed E-state index contributed by atoms with van der Waals surface area (Å²) in [6.45, 7) is 10.3. The van der Waals surface area contributed by atoms with Gasteiger partial charge in [-0.05, 0) is 25.0 Å². The summed E-state index contributed by atoms with van der Waals surface area (Å²) in [5.74, 6) is -1.86. The number of hydrogen-bond acceptors (Lipinski definition) is 9. The molecule has 10 heteroatoms. The predicted octanol–water partition coefficient (Wildman–Crippen LogP) is 11.8. The molecule has 0 aliphatic rings. The number of carbonyl (C=O) groups is 3. The third kappa shape index (κ3) is 30.3. The van der Waals surface area contributed by atoms with Crippen molar-refractivity contribution < 1.29 is 42.8 Å². The van der Waals surface area contributed by atoms with Crippen LogP contribution in [-0.2, 0) is 42.8 Å². The fraction of sp³-hybridized carbons (Fsp3) is 0.868. The van der Waals surface area contributed by atoms with Crippen LogP contribution in [0.5, 0.6) is 0 Å². The van der Waals surface area contributed by atoms with E-state index in [4.69, 9.17) is 28.4 Å². The fourth-order valence-electron chi connectivity index (χ4n) is 5.32. The lowest BCUT2D eigenvalue weighted by Crippen LogP contribution is -2.45. The molecule has 0 aromatic heterocycles. The molecular formula is C38H72O9Si. The van der Waals surface area contributed by atoms with E-state index < -0.39 is 26.7 Å². The highest BCUT2D eigenvalue weighted by atomic mass is 28.4. The van der Waals surface area contributed by atoms with Gasteiger partial charge in [0, 0.05) is 19.3 Å². The molecule has 0 aliphatic heterocycles. The van der Waals surface area contributed by atoms with Gasteiger partial charge in [0.15, 0.2) is 0 Å². The molecule has 0 aliphatic carbocycles. The Bertz CT molecular complexity index is 684. The molecule has 9 nitrogen and oxygen atoms in total. The molecule has 0 fully saturated rings. The minimum Gasteiger partial charge on any atom is -0.304 e. The third-order valence-electron chi connectivity index (χ3n) is 8.46. The summed E-state index contributed by atoms with van der Waals surface area (Å²) in [6, 6.07) is 0. The van der Waals surface area contributed by atoms with Crippen molar-refractivity contribution in [2.45, 2.75) is 213 Å². The molecule has 0 aromatic rings. The van der Waals surface area contributed by atoms with Crippen molar-refractivity contribution in [3.8, 4) is 0 Å². The Kier molecular flexibility index (Phi) is 33.8. The summed E-state index contributed by atoms with van der Waals surface area (Å²) in [7, 11) is -4.25. The zero-order chi connectivity index (χ0) is 35.4. The van der Waals surface area contributed by atoms with E-state index in [0.717, 1.165) is 63.5 Å². The van der Waals surface area contributed by atoms with Crippen molar-refractivity contribution in [2.24, 2.45) is 0 Å². The van der Waals surface area contributed by atoms with E-state index in [2.05, 4.69) is 27.4 Å². The molecule has 0 saturated carbocycles. The Morgan fingerprint density at radius 3 is 0.812 bits per heavy atom. The van der Waals surface area contributed by atoms with Gasteiger partial charge in [0.2, 0.25) is 0 Å². The first-order chi connectivity index (χ1) is 23.4. The second kappa shape index (κ2) is 35.1. The van der Waals surface area contributed by atoms with Crippen molar-refractivity contribution in [3.63, 3.8) is 0 Å². The zero-order valence-corrected chi connectivity index (χ0v) is 32.2. The van der Waals surface area contributed by atoms with Gasteiger partial charge in [0.1, 0.15) is 0 Å². The minimum absolute atomic E-state index is 0.147. The van der Waals surface area contributed by atoms with Gasteiger partial charge in [-0.3, -0.25) is 0 Å². The molecule has 0 N–H and O–H groups in total. The first-order valence-electron chi connectivity index (χ1n) is 19.7. The van der Waals surface area contributed by atoms with Gasteiger partial charge in [0.05, 0.1) is 0 Å². The summed E-state index contributed by atoms with van der Waals surface area (Å²) < 4.78 is 15.7. The lowest BCUT2D eigenvalue weighted by atomic mass is 10.1. The molecule has 0 heterocycles. The monoisotopic (exact) mass is 700 g/mol. The van der Waals surface area contributed by atoms with Crippen molar-refractivity contribution in [3.05, 3.63) is 12.3 Å². The molecule has 282 valence electrons. The van der Waals surface area contributed by atoms with E-state index in [0.29, 0.717) is 19.3 Å². The Labute approximate surface area is 294 Å². The standard InChI is InChI=1S/C38H72O9Si/c1-5-9-12-15-18-21-24-27-30-33-36(39)42-45-48(8-4,46-43-37(40)34-31-28-25-22-19-16-13-10-6-2)47-44-38(41)35-32-29-26-23-20-17-14-11-7-3/h8H,4-7,9-35H2,1-3H3. The van der Waals surface area contributed by atoms with Crippen LogP contribution < -0.4 is 0 Å². The van der Waals surface area contributed by atoms with Crippen LogP contribution in [0.4, 0.5) is 0 Å². The largest absolute Gasteiger partial charge is 0.644 e. The Balaban J connectivity index is 4.66. The maximum atomic E-state index is 12.4. The average molecular weight is 701 g/mol. The first-order valence-corrected chi connectivity index (χ1v) is 21.5. The van der Waals surface area contributed by atoms with E-state index >= 15 is 0 Å². The van der Waals surface area contributed by atoms with E-state index in [1.165, 1.54) is 96.3 Å². The second-order valence-electron chi connectivity index (χ2n) is 13.2. The number of carbonyl (C=O) groups excluding carboxylic acids is 3. The first kappa shape index (κ1) is 46.2. The molecule has 0 amide bonds. The van der Waals surface area contributed by atoms with Crippen LogP contribution in [0.1, 0.15) is 213 Å². The summed E-state index contributed by atoms with van der Waals surface area (Å²) in [6.07, 6.45) is 30.6. The highest BCUT2D eigenvalue weighted by Gasteiger charge is 2.48. The van der Waals surface area contributed by atoms with Gasteiger partial charge < -0.3 is 14.7 Å². The zero-order valence-electron chi connectivity index (χ0n) is 31.2. The lowest BCUT2D eigenvalue weighted by Gasteiger charge is -2.21. The molecule has 0 bridgehead atoms. The maximum Gasteiger partial charge on any atom is 0.644 e. The van der Waals surface area contributed by atoms with Gasteiger partial charge in [-0.2, -0.15) is 13.7 Å². The molecule has 0 rings (SSSR count). The number of rotatable bonds is 37.